The van der Waals surface area contributed by atoms with Gasteiger partial charge < -0.3 is 9.88 Å². The van der Waals surface area contributed by atoms with E-state index < -0.39 is 5.91 Å². The van der Waals surface area contributed by atoms with Crippen LogP contribution < -0.4 is 5.32 Å². The molecule has 4 heteroatoms. The van der Waals surface area contributed by atoms with Crippen LogP contribution in [0.25, 0.3) is 17.0 Å². The molecule has 0 fully saturated rings. The van der Waals surface area contributed by atoms with Gasteiger partial charge in [-0.05, 0) is 37.6 Å². The lowest BCUT2D eigenvalue weighted by Gasteiger charge is -2.07. The van der Waals surface area contributed by atoms with E-state index in [4.69, 9.17) is 0 Å². The van der Waals surface area contributed by atoms with Gasteiger partial charge in [0, 0.05) is 34.9 Å². The predicted molar refractivity (Wildman–Crippen MR) is 101 cm³/mol. The SMILES string of the molecule is Cc1ccccc1NC(=O)/C(C#N)=C\c1c(C)n(C)c2ccccc12. The van der Waals surface area contributed by atoms with Gasteiger partial charge in [0.25, 0.3) is 5.91 Å². The Morgan fingerprint density at radius 1 is 1.12 bits per heavy atom. The summed E-state index contributed by atoms with van der Waals surface area (Å²) in [5.41, 5.74) is 4.73. The molecule has 2 aromatic carbocycles. The van der Waals surface area contributed by atoms with Gasteiger partial charge >= 0.3 is 0 Å². The molecule has 1 N–H and O–H groups in total. The number of hydrogen-bond acceptors (Lipinski definition) is 2. The second-order valence-electron chi connectivity index (χ2n) is 6.01. The Labute approximate surface area is 147 Å². The fourth-order valence-corrected chi connectivity index (χ4v) is 2.93. The molecule has 124 valence electrons. The summed E-state index contributed by atoms with van der Waals surface area (Å²) in [5.74, 6) is -0.399. The first-order valence-electron chi connectivity index (χ1n) is 8.05. The molecule has 4 nitrogen and oxygen atoms in total. The number of carbonyl (C=O) groups excluding carboxylic acids is 1. The van der Waals surface area contributed by atoms with Crippen molar-refractivity contribution in [3.8, 4) is 6.07 Å². The number of anilines is 1. The van der Waals surface area contributed by atoms with E-state index in [-0.39, 0.29) is 5.57 Å². The largest absolute Gasteiger partial charge is 0.347 e. The summed E-state index contributed by atoms with van der Waals surface area (Å²) in [4.78, 5) is 12.5. The number of nitriles is 1. The smallest absolute Gasteiger partial charge is 0.266 e. The monoisotopic (exact) mass is 329 g/mol. The quantitative estimate of drug-likeness (QED) is 0.574. The number of carbonyl (C=O) groups is 1. The lowest BCUT2D eigenvalue weighted by Crippen LogP contribution is -2.14. The van der Waals surface area contributed by atoms with Crippen molar-refractivity contribution in [2.75, 3.05) is 5.32 Å². The molecule has 1 amide bonds. The highest BCUT2D eigenvalue weighted by Crippen LogP contribution is 2.27. The van der Waals surface area contributed by atoms with Crippen LogP contribution in [0.4, 0.5) is 5.69 Å². The number of fused-ring (bicyclic) bond motifs is 1. The number of amides is 1. The molecule has 0 radical (unpaired) electrons. The maximum atomic E-state index is 12.5. The standard InChI is InChI=1S/C21H19N3O/c1-14-8-4-6-10-19(14)23-21(25)16(13-22)12-18-15(2)24(3)20-11-7-5-9-17(18)20/h4-12H,1-3H3,(H,23,25)/b16-12-. The highest BCUT2D eigenvalue weighted by molar-refractivity contribution is 6.11. The van der Waals surface area contributed by atoms with Crippen molar-refractivity contribution >= 4 is 28.6 Å². The number of nitrogens with zero attached hydrogens (tertiary/aromatic N) is 2. The number of aromatic nitrogens is 1. The Bertz CT molecular complexity index is 1030. The van der Waals surface area contributed by atoms with E-state index in [2.05, 4.69) is 9.88 Å². The van der Waals surface area contributed by atoms with E-state index in [9.17, 15) is 10.1 Å². The van der Waals surface area contributed by atoms with Crippen molar-refractivity contribution in [3.05, 3.63) is 70.9 Å². The third-order valence-electron chi connectivity index (χ3n) is 4.50. The Morgan fingerprint density at radius 2 is 1.80 bits per heavy atom. The molecule has 0 aliphatic rings. The zero-order valence-electron chi connectivity index (χ0n) is 14.5. The van der Waals surface area contributed by atoms with Crippen molar-refractivity contribution in [3.63, 3.8) is 0 Å². The number of aryl methyl sites for hydroxylation is 2. The third-order valence-corrected chi connectivity index (χ3v) is 4.50. The highest BCUT2D eigenvalue weighted by atomic mass is 16.1. The van der Waals surface area contributed by atoms with E-state index in [1.807, 2.05) is 75.5 Å². The van der Waals surface area contributed by atoms with Crippen LogP contribution in [-0.4, -0.2) is 10.5 Å². The normalized spacial score (nSPS) is 11.4. The first-order valence-corrected chi connectivity index (χ1v) is 8.05. The van der Waals surface area contributed by atoms with Gasteiger partial charge in [0.1, 0.15) is 11.6 Å². The van der Waals surface area contributed by atoms with Crippen LogP contribution in [0.1, 0.15) is 16.8 Å². The van der Waals surface area contributed by atoms with Crippen LogP contribution >= 0.6 is 0 Å². The van der Waals surface area contributed by atoms with E-state index in [0.29, 0.717) is 5.69 Å². The molecule has 0 unspecified atom stereocenters. The van der Waals surface area contributed by atoms with E-state index in [1.54, 1.807) is 6.08 Å². The molecule has 0 atom stereocenters. The zero-order valence-corrected chi connectivity index (χ0v) is 14.5. The molecule has 0 saturated heterocycles. The number of para-hydroxylation sites is 2. The van der Waals surface area contributed by atoms with Crippen LogP contribution in [-0.2, 0) is 11.8 Å². The summed E-state index contributed by atoms with van der Waals surface area (Å²) in [6.07, 6.45) is 1.67. The van der Waals surface area contributed by atoms with Gasteiger partial charge in [0.2, 0.25) is 0 Å². The second kappa shape index (κ2) is 6.66. The fourth-order valence-electron chi connectivity index (χ4n) is 2.93. The predicted octanol–water partition coefficient (Wildman–Crippen LogP) is 4.34. The fraction of sp³-hybridized carbons (Fsp3) is 0.143. The van der Waals surface area contributed by atoms with E-state index in [1.165, 1.54) is 0 Å². The van der Waals surface area contributed by atoms with Gasteiger partial charge in [-0.1, -0.05) is 36.4 Å². The minimum atomic E-state index is -0.399. The molecule has 0 spiro atoms. The average molecular weight is 329 g/mol. The lowest BCUT2D eigenvalue weighted by molar-refractivity contribution is -0.112. The number of hydrogen-bond donors (Lipinski definition) is 1. The van der Waals surface area contributed by atoms with Crippen molar-refractivity contribution < 1.29 is 4.79 Å². The van der Waals surface area contributed by atoms with Gasteiger partial charge in [0.15, 0.2) is 0 Å². The highest BCUT2D eigenvalue weighted by Gasteiger charge is 2.15. The Balaban J connectivity index is 2.02. The van der Waals surface area contributed by atoms with Gasteiger partial charge in [-0.3, -0.25) is 4.79 Å². The van der Waals surface area contributed by atoms with Crippen molar-refractivity contribution in [2.45, 2.75) is 13.8 Å². The number of nitrogens with one attached hydrogen (secondary N) is 1. The second-order valence-corrected chi connectivity index (χ2v) is 6.01. The Morgan fingerprint density at radius 3 is 2.52 bits per heavy atom. The summed E-state index contributed by atoms with van der Waals surface area (Å²) < 4.78 is 2.06. The van der Waals surface area contributed by atoms with E-state index in [0.717, 1.165) is 27.7 Å². The molecule has 0 bridgehead atoms. The molecule has 0 aliphatic heterocycles. The van der Waals surface area contributed by atoms with Crippen molar-refractivity contribution in [1.82, 2.24) is 4.57 Å². The number of benzene rings is 2. The van der Waals surface area contributed by atoms with Crippen molar-refractivity contribution in [1.29, 1.82) is 5.26 Å². The van der Waals surface area contributed by atoms with Gasteiger partial charge in [-0.15, -0.1) is 0 Å². The zero-order chi connectivity index (χ0) is 18.0. The van der Waals surface area contributed by atoms with Crippen LogP contribution in [0.5, 0.6) is 0 Å². The maximum absolute atomic E-state index is 12.5. The van der Waals surface area contributed by atoms with Gasteiger partial charge in [-0.25, -0.2) is 0 Å². The van der Waals surface area contributed by atoms with Crippen LogP contribution in [0, 0.1) is 25.2 Å². The van der Waals surface area contributed by atoms with Crippen LogP contribution in [0.2, 0.25) is 0 Å². The lowest BCUT2D eigenvalue weighted by atomic mass is 10.1. The topological polar surface area (TPSA) is 57.8 Å². The minimum absolute atomic E-state index is 0.0858. The molecule has 25 heavy (non-hydrogen) atoms. The molecule has 0 saturated carbocycles. The summed E-state index contributed by atoms with van der Waals surface area (Å²) >= 11 is 0. The summed E-state index contributed by atoms with van der Waals surface area (Å²) in [5, 5.41) is 13.3. The first kappa shape index (κ1) is 16.5. The Kier molecular flexibility index (Phi) is 4.40. The summed E-state index contributed by atoms with van der Waals surface area (Å²) in [7, 11) is 1.98. The average Bonchev–Trinajstić information content (AvgIpc) is 2.86. The molecule has 3 aromatic rings. The maximum Gasteiger partial charge on any atom is 0.266 e. The van der Waals surface area contributed by atoms with Crippen LogP contribution in [0.3, 0.4) is 0 Å². The molecular formula is C21H19N3O. The minimum Gasteiger partial charge on any atom is -0.347 e. The molecule has 1 aromatic heterocycles. The summed E-state index contributed by atoms with van der Waals surface area (Å²) in [6, 6.07) is 17.5. The Hall–Kier alpha value is -3.32. The summed E-state index contributed by atoms with van der Waals surface area (Å²) in [6.45, 7) is 3.90. The van der Waals surface area contributed by atoms with Crippen molar-refractivity contribution in [2.24, 2.45) is 7.05 Å². The van der Waals surface area contributed by atoms with E-state index >= 15 is 0 Å². The van der Waals surface area contributed by atoms with Crippen LogP contribution in [0.15, 0.2) is 54.1 Å². The molecule has 3 rings (SSSR count). The third kappa shape index (κ3) is 3.05. The molecule has 0 aliphatic carbocycles. The molecule has 1 heterocycles. The van der Waals surface area contributed by atoms with Gasteiger partial charge in [-0.2, -0.15) is 5.26 Å². The molecular weight excluding hydrogens is 310 g/mol. The first-order chi connectivity index (χ1) is 12.0. The van der Waals surface area contributed by atoms with Gasteiger partial charge in [0.05, 0.1) is 0 Å². The number of rotatable bonds is 3.